The lowest BCUT2D eigenvalue weighted by Crippen LogP contribution is -2.50. The normalized spacial score (nSPS) is 38.2. The lowest BCUT2D eigenvalue weighted by atomic mass is 9.79. The maximum atomic E-state index is 12.8. The van der Waals surface area contributed by atoms with Crippen LogP contribution >= 0.6 is 0 Å². The molecule has 3 rings (SSSR count). The van der Waals surface area contributed by atoms with E-state index in [1.54, 1.807) is 0 Å². The van der Waals surface area contributed by atoms with E-state index in [4.69, 9.17) is 14.2 Å². The zero-order valence-electron chi connectivity index (χ0n) is 18.4. The molecule has 3 fully saturated rings. The van der Waals surface area contributed by atoms with E-state index in [1.807, 2.05) is 0 Å². The van der Waals surface area contributed by atoms with Crippen LogP contribution in [0.2, 0.25) is 0 Å². The van der Waals surface area contributed by atoms with Crippen LogP contribution in [0.15, 0.2) is 0 Å². The number of ether oxygens (including phenoxy) is 3. The van der Waals surface area contributed by atoms with Gasteiger partial charge in [-0.3, -0.25) is 4.79 Å². The molecule has 0 atom stereocenters. The quantitative estimate of drug-likeness (QED) is 0.532. The number of nitriles is 1. The molecule has 2 saturated carbocycles. The van der Waals surface area contributed by atoms with Crippen LogP contribution < -0.4 is 0 Å². The second-order valence-corrected chi connectivity index (χ2v) is 9.59. The number of hydrogen-bond acceptors (Lipinski definition) is 5. The number of carbonyl (C=O) groups is 1. The lowest BCUT2D eigenvalue weighted by molar-refractivity contribution is -0.247. The van der Waals surface area contributed by atoms with E-state index in [9.17, 15) is 10.1 Å². The Kier molecular flexibility index (Phi) is 8.38. The summed E-state index contributed by atoms with van der Waals surface area (Å²) in [6.07, 6.45) is 13.4. The number of rotatable bonds is 7. The molecule has 0 aromatic carbocycles. The fourth-order valence-electron chi connectivity index (χ4n) is 5.41. The summed E-state index contributed by atoms with van der Waals surface area (Å²) >= 11 is 0. The molecule has 0 radical (unpaired) electrons. The largest absolute Gasteiger partial charge is 0.461 e. The minimum Gasteiger partial charge on any atom is -0.461 e. The molecule has 3 aliphatic rings. The molecular weight excluding hydrogens is 366 g/mol. The smallest absolute Gasteiger partial charge is 0.331 e. The van der Waals surface area contributed by atoms with Crippen molar-refractivity contribution in [3.05, 3.63) is 0 Å². The number of nitrogens with zero attached hydrogens (tertiary/aromatic N) is 1. The first-order valence-electron chi connectivity index (χ1n) is 12.0. The van der Waals surface area contributed by atoms with Crippen LogP contribution in [0.1, 0.15) is 90.9 Å². The van der Waals surface area contributed by atoms with Gasteiger partial charge in [-0.15, -0.1) is 0 Å². The van der Waals surface area contributed by atoms with Crippen molar-refractivity contribution in [2.45, 2.75) is 103 Å². The predicted molar refractivity (Wildman–Crippen MR) is 111 cm³/mol. The van der Waals surface area contributed by atoms with Crippen LogP contribution in [-0.4, -0.2) is 31.6 Å². The van der Waals surface area contributed by atoms with Gasteiger partial charge in [-0.25, -0.2) is 0 Å². The molecule has 5 heteroatoms. The molecular formula is C24H39NO4. The molecule has 5 nitrogen and oxygen atoms in total. The third kappa shape index (κ3) is 5.73. The van der Waals surface area contributed by atoms with Crippen molar-refractivity contribution in [2.75, 3.05) is 13.2 Å². The van der Waals surface area contributed by atoms with Crippen LogP contribution in [0.5, 0.6) is 0 Å². The van der Waals surface area contributed by atoms with E-state index in [0.29, 0.717) is 5.92 Å². The molecule has 0 spiro atoms. The second kappa shape index (κ2) is 10.8. The highest BCUT2D eigenvalue weighted by molar-refractivity contribution is 5.80. The Morgan fingerprint density at radius 2 is 1.45 bits per heavy atom. The molecule has 0 amide bonds. The summed E-state index contributed by atoms with van der Waals surface area (Å²) in [6, 6.07) is 2.16. The summed E-state index contributed by atoms with van der Waals surface area (Å²) in [5, 5.41) is 9.73. The van der Waals surface area contributed by atoms with Gasteiger partial charge in [0.1, 0.15) is 6.10 Å². The second-order valence-electron chi connectivity index (χ2n) is 9.59. The van der Waals surface area contributed by atoms with Crippen LogP contribution in [0.25, 0.3) is 0 Å². The summed E-state index contributed by atoms with van der Waals surface area (Å²) < 4.78 is 17.6. The Labute approximate surface area is 176 Å². The summed E-state index contributed by atoms with van der Waals surface area (Å²) in [7, 11) is 0. The molecule has 164 valence electrons. The van der Waals surface area contributed by atoms with Crippen LogP contribution in [0.3, 0.4) is 0 Å². The van der Waals surface area contributed by atoms with Crippen molar-refractivity contribution in [3.63, 3.8) is 0 Å². The zero-order chi connectivity index (χ0) is 20.7. The SMILES string of the molecule is CCCC1CCC(OC(=O)C2(C#N)COC(C3CCC(CCC)CC3)OC2)CC1. The molecule has 1 saturated heterocycles. The van der Waals surface area contributed by atoms with Gasteiger partial charge in [-0.05, 0) is 63.2 Å². The van der Waals surface area contributed by atoms with E-state index in [-0.39, 0.29) is 25.6 Å². The highest BCUT2D eigenvalue weighted by Gasteiger charge is 2.48. The van der Waals surface area contributed by atoms with Gasteiger partial charge in [0.15, 0.2) is 6.29 Å². The molecule has 0 N–H and O–H groups in total. The van der Waals surface area contributed by atoms with Crippen molar-refractivity contribution in [2.24, 2.45) is 23.2 Å². The van der Waals surface area contributed by atoms with Gasteiger partial charge in [0.25, 0.3) is 0 Å². The fraction of sp³-hybridized carbons (Fsp3) is 0.917. The van der Waals surface area contributed by atoms with E-state index in [1.165, 1.54) is 38.5 Å². The molecule has 1 heterocycles. The average Bonchev–Trinajstić information content (AvgIpc) is 2.76. The molecule has 0 aromatic rings. The van der Waals surface area contributed by atoms with E-state index >= 15 is 0 Å². The summed E-state index contributed by atoms with van der Waals surface area (Å²) in [5.41, 5.74) is -1.31. The lowest BCUT2D eigenvalue weighted by Gasteiger charge is -2.40. The van der Waals surface area contributed by atoms with Gasteiger partial charge in [0.05, 0.1) is 19.3 Å². The number of carbonyl (C=O) groups excluding carboxylic acids is 1. The first-order chi connectivity index (χ1) is 14.1. The van der Waals surface area contributed by atoms with Gasteiger partial charge in [0, 0.05) is 5.92 Å². The molecule has 1 aliphatic heterocycles. The predicted octanol–water partition coefficient (Wildman–Crippen LogP) is 5.38. The molecule has 2 aliphatic carbocycles. The Balaban J connectivity index is 1.45. The molecule has 0 bridgehead atoms. The van der Waals surface area contributed by atoms with Crippen LogP contribution in [-0.2, 0) is 19.0 Å². The molecule has 29 heavy (non-hydrogen) atoms. The maximum absolute atomic E-state index is 12.8. The van der Waals surface area contributed by atoms with Gasteiger partial charge in [0.2, 0.25) is 5.41 Å². The van der Waals surface area contributed by atoms with Crippen molar-refractivity contribution < 1.29 is 19.0 Å². The minimum atomic E-state index is -1.31. The fourth-order valence-corrected chi connectivity index (χ4v) is 5.41. The number of hydrogen-bond donors (Lipinski definition) is 0. The Morgan fingerprint density at radius 1 is 0.931 bits per heavy atom. The topological polar surface area (TPSA) is 68.6 Å². The van der Waals surface area contributed by atoms with Crippen LogP contribution in [0.4, 0.5) is 0 Å². The summed E-state index contributed by atoms with van der Waals surface area (Å²) in [4.78, 5) is 12.8. The van der Waals surface area contributed by atoms with Gasteiger partial charge >= 0.3 is 5.97 Å². The van der Waals surface area contributed by atoms with E-state index in [0.717, 1.165) is 50.4 Å². The highest BCUT2D eigenvalue weighted by atomic mass is 16.7. The standard InChI is InChI=1S/C24H39NO4/c1-3-5-18-7-11-20(12-8-18)22-27-16-24(15-25,17-28-22)23(26)29-21-13-9-19(6-4-2)10-14-21/h18-22H,3-14,16-17H2,1-2H3. The Morgan fingerprint density at radius 3 is 1.93 bits per heavy atom. The first-order valence-corrected chi connectivity index (χ1v) is 12.0. The van der Waals surface area contributed by atoms with Gasteiger partial charge in [-0.1, -0.05) is 39.5 Å². The van der Waals surface area contributed by atoms with E-state index < -0.39 is 11.4 Å². The monoisotopic (exact) mass is 405 g/mol. The van der Waals surface area contributed by atoms with Crippen molar-refractivity contribution in [3.8, 4) is 6.07 Å². The third-order valence-electron chi connectivity index (χ3n) is 7.33. The first kappa shape index (κ1) is 22.6. The van der Waals surface area contributed by atoms with Crippen molar-refractivity contribution in [1.82, 2.24) is 0 Å². The third-order valence-corrected chi connectivity index (χ3v) is 7.33. The van der Waals surface area contributed by atoms with Crippen LogP contribution in [0, 0.1) is 34.5 Å². The van der Waals surface area contributed by atoms with Gasteiger partial charge < -0.3 is 14.2 Å². The van der Waals surface area contributed by atoms with Gasteiger partial charge in [-0.2, -0.15) is 5.26 Å². The highest BCUT2D eigenvalue weighted by Crippen LogP contribution is 2.38. The molecule has 0 aromatic heterocycles. The minimum absolute atomic E-state index is 0.0626. The Hall–Kier alpha value is -1.12. The number of esters is 1. The molecule has 0 unspecified atom stereocenters. The van der Waals surface area contributed by atoms with E-state index in [2.05, 4.69) is 19.9 Å². The zero-order valence-corrected chi connectivity index (χ0v) is 18.4. The maximum Gasteiger partial charge on any atom is 0.331 e. The van der Waals surface area contributed by atoms with Crippen molar-refractivity contribution in [1.29, 1.82) is 5.26 Å². The summed E-state index contributed by atoms with van der Waals surface area (Å²) in [6.45, 7) is 4.65. The Bertz CT molecular complexity index is 548. The van der Waals surface area contributed by atoms with Crippen molar-refractivity contribution >= 4 is 5.97 Å². The average molecular weight is 406 g/mol. The summed E-state index contributed by atoms with van der Waals surface area (Å²) in [5.74, 6) is 1.52.